The summed E-state index contributed by atoms with van der Waals surface area (Å²) in [5.41, 5.74) is 0. The second kappa shape index (κ2) is 5.22. The van der Waals surface area contributed by atoms with Gasteiger partial charge in [-0.25, -0.2) is 0 Å². The predicted octanol–water partition coefficient (Wildman–Crippen LogP) is 0.164. The molecule has 4 heteroatoms. The maximum Gasteiger partial charge on any atom is 0.0834 e. The SMILES string of the molecule is O[C@H]1CN(CC2CCC2)C[C@@H]1N1CCOCC1. The molecule has 98 valence electrons. The Morgan fingerprint density at radius 1 is 1.12 bits per heavy atom. The van der Waals surface area contributed by atoms with Gasteiger partial charge in [0.2, 0.25) is 0 Å². The van der Waals surface area contributed by atoms with Gasteiger partial charge in [-0.15, -0.1) is 0 Å². The van der Waals surface area contributed by atoms with E-state index in [9.17, 15) is 5.11 Å². The van der Waals surface area contributed by atoms with Gasteiger partial charge in [0.05, 0.1) is 19.3 Å². The van der Waals surface area contributed by atoms with Crippen molar-refractivity contribution in [3.05, 3.63) is 0 Å². The minimum atomic E-state index is -0.159. The average molecular weight is 240 g/mol. The fourth-order valence-electron chi connectivity index (χ4n) is 3.30. The highest BCUT2D eigenvalue weighted by Crippen LogP contribution is 2.29. The zero-order valence-corrected chi connectivity index (χ0v) is 10.6. The molecule has 0 unspecified atom stereocenters. The number of morpholine rings is 1. The number of likely N-dealkylation sites (tertiary alicyclic amines) is 1. The van der Waals surface area contributed by atoms with E-state index in [1.807, 2.05) is 0 Å². The van der Waals surface area contributed by atoms with Crippen molar-refractivity contribution in [2.75, 3.05) is 45.9 Å². The van der Waals surface area contributed by atoms with Crippen LogP contribution in [0.4, 0.5) is 0 Å². The van der Waals surface area contributed by atoms with Gasteiger partial charge in [-0.2, -0.15) is 0 Å². The van der Waals surface area contributed by atoms with E-state index in [0.717, 1.165) is 45.3 Å². The monoisotopic (exact) mass is 240 g/mol. The number of rotatable bonds is 3. The largest absolute Gasteiger partial charge is 0.390 e. The van der Waals surface area contributed by atoms with Gasteiger partial charge in [-0.05, 0) is 18.8 Å². The molecule has 3 fully saturated rings. The summed E-state index contributed by atoms with van der Waals surface area (Å²) in [5.74, 6) is 0.908. The molecule has 1 N–H and O–H groups in total. The summed E-state index contributed by atoms with van der Waals surface area (Å²) in [4.78, 5) is 4.88. The van der Waals surface area contributed by atoms with Crippen LogP contribution in [0.1, 0.15) is 19.3 Å². The van der Waals surface area contributed by atoms with Gasteiger partial charge in [-0.3, -0.25) is 9.80 Å². The predicted molar refractivity (Wildman–Crippen MR) is 66.0 cm³/mol. The summed E-state index contributed by atoms with van der Waals surface area (Å²) >= 11 is 0. The van der Waals surface area contributed by atoms with E-state index < -0.39 is 0 Å². The molecule has 2 aliphatic heterocycles. The van der Waals surface area contributed by atoms with E-state index in [0.29, 0.717) is 6.04 Å². The Morgan fingerprint density at radius 3 is 2.53 bits per heavy atom. The zero-order valence-electron chi connectivity index (χ0n) is 10.6. The molecule has 0 aromatic carbocycles. The lowest BCUT2D eigenvalue weighted by Gasteiger charge is -2.34. The van der Waals surface area contributed by atoms with Crippen LogP contribution in [0, 0.1) is 5.92 Å². The van der Waals surface area contributed by atoms with Crippen molar-refractivity contribution in [1.29, 1.82) is 0 Å². The third-order valence-electron chi connectivity index (χ3n) is 4.59. The van der Waals surface area contributed by atoms with Crippen LogP contribution in [-0.4, -0.2) is 73.0 Å². The first kappa shape index (κ1) is 11.9. The van der Waals surface area contributed by atoms with Crippen molar-refractivity contribution < 1.29 is 9.84 Å². The quantitative estimate of drug-likeness (QED) is 0.762. The molecule has 17 heavy (non-hydrogen) atoms. The van der Waals surface area contributed by atoms with E-state index in [1.165, 1.54) is 25.8 Å². The molecule has 3 aliphatic rings. The number of hydrogen-bond acceptors (Lipinski definition) is 4. The molecular formula is C13H24N2O2. The summed E-state index contributed by atoms with van der Waals surface area (Å²) in [5, 5.41) is 10.2. The number of hydrogen-bond donors (Lipinski definition) is 1. The third-order valence-corrected chi connectivity index (χ3v) is 4.59. The lowest BCUT2D eigenvalue weighted by Crippen LogP contribution is -2.49. The standard InChI is InChI=1S/C13H24N2O2/c16-13-10-14(8-11-2-1-3-11)9-12(13)15-4-6-17-7-5-15/h11-13,16H,1-10H2/t12-,13-/m0/s1. The first-order chi connectivity index (χ1) is 8.33. The molecule has 1 aliphatic carbocycles. The fourth-order valence-corrected chi connectivity index (χ4v) is 3.30. The Kier molecular flexibility index (Phi) is 3.66. The topological polar surface area (TPSA) is 35.9 Å². The highest BCUT2D eigenvalue weighted by molar-refractivity contribution is 4.92. The van der Waals surface area contributed by atoms with Crippen LogP contribution < -0.4 is 0 Å². The molecule has 0 spiro atoms. The van der Waals surface area contributed by atoms with Crippen molar-refractivity contribution in [2.24, 2.45) is 5.92 Å². The Hall–Kier alpha value is -0.160. The maximum absolute atomic E-state index is 10.2. The number of ether oxygens (including phenoxy) is 1. The van der Waals surface area contributed by atoms with Crippen molar-refractivity contribution in [3.8, 4) is 0 Å². The Bertz CT molecular complexity index is 252. The van der Waals surface area contributed by atoms with Gasteiger partial charge in [0, 0.05) is 38.8 Å². The highest BCUT2D eigenvalue weighted by Gasteiger charge is 2.37. The molecule has 2 saturated heterocycles. The summed E-state index contributed by atoms with van der Waals surface area (Å²) in [6, 6.07) is 0.346. The molecule has 0 aromatic rings. The van der Waals surface area contributed by atoms with Crippen molar-refractivity contribution in [2.45, 2.75) is 31.4 Å². The molecule has 0 amide bonds. The third kappa shape index (κ3) is 2.65. The molecule has 1 saturated carbocycles. The molecule has 4 nitrogen and oxygen atoms in total. The minimum Gasteiger partial charge on any atom is -0.390 e. The van der Waals surface area contributed by atoms with Gasteiger partial charge in [0.1, 0.15) is 0 Å². The molecule has 2 atom stereocenters. The van der Waals surface area contributed by atoms with Crippen LogP contribution in [-0.2, 0) is 4.74 Å². The average Bonchev–Trinajstić information content (AvgIpc) is 2.66. The molecule has 2 heterocycles. The Balaban J connectivity index is 1.51. The van der Waals surface area contributed by atoms with Crippen LogP contribution in [0.15, 0.2) is 0 Å². The number of nitrogens with zero attached hydrogens (tertiary/aromatic N) is 2. The van der Waals surface area contributed by atoms with Crippen molar-refractivity contribution in [3.63, 3.8) is 0 Å². The summed E-state index contributed by atoms with van der Waals surface area (Å²) in [6.45, 7) is 6.75. The van der Waals surface area contributed by atoms with Crippen molar-refractivity contribution in [1.82, 2.24) is 9.80 Å². The molecule has 0 aromatic heterocycles. The van der Waals surface area contributed by atoms with Gasteiger partial charge >= 0.3 is 0 Å². The van der Waals surface area contributed by atoms with Crippen LogP contribution in [0.25, 0.3) is 0 Å². The fraction of sp³-hybridized carbons (Fsp3) is 1.00. The van der Waals surface area contributed by atoms with Crippen molar-refractivity contribution >= 4 is 0 Å². The van der Waals surface area contributed by atoms with E-state index in [1.54, 1.807) is 0 Å². The van der Waals surface area contributed by atoms with Crippen LogP contribution in [0.2, 0.25) is 0 Å². The summed E-state index contributed by atoms with van der Waals surface area (Å²) < 4.78 is 5.38. The second-order valence-electron chi connectivity index (χ2n) is 5.80. The Labute approximate surface area is 104 Å². The van der Waals surface area contributed by atoms with Crippen LogP contribution >= 0.6 is 0 Å². The first-order valence-corrected chi connectivity index (χ1v) is 7.05. The molecule has 0 radical (unpaired) electrons. The summed E-state index contributed by atoms with van der Waals surface area (Å²) in [7, 11) is 0. The lowest BCUT2D eigenvalue weighted by molar-refractivity contribution is -0.00622. The summed E-state index contributed by atoms with van der Waals surface area (Å²) in [6.07, 6.45) is 4.05. The van der Waals surface area contributed by atoms with Crippen LogP contribution in [0.3, 0.4) is 0 Å². The number of β-amino-alcohol motifs (C(OH)–C–C–N with tert-alkyl or cyclic N) is 1. The minimum absolute atomic E-state index is 0.159. The smallest absolute Gasteiger partial charge is 0.0834 e. The van der Waals surface area contributed by atoms with E-state index >= 15 is 0 Å². The zero-order chi connectivity index (χ0) is 11.7. The maximum atomic E-state index is 10.2. The van der Waals surface area contributed by atoms with Crippen LogP contribution in [0.5, 0.6) is 0 Å². The van der Waals surface area contributed by atoms with E-state index in [-0.39, 0.29) is 6.10 Å². The van der Waals surface area contributed by atoms with E-state index in [2.05, 4.69) is 9.80 Å². The van der Waals surface area contributed by atoms with Gasteiger partial charge in [0.15, 0.2) is 0 Å². The number of aliphatic hydroxyl groups is 1. The Morgan fingerprint density at radius 2 is 1.88 bits per heavy atom. The molecule has 0 bridgehead atoms. The molecular weight excluding hydrogens is 216 g/mol. The second-order valence-corrected chi connectivity index (χ2v) is 5.80. The lowest BCUT2D eigenvalue weighted by atomic mass is 9.85. The van der Waals surface area contributed by atoms with E-state index in [4.69, 9.17) is 4.74 Å². The number of aliphatic hydroxyl groups excluding tert-OH is 1. The van der Waals surface area contributed by atoms with Gasteiger partial charge in [0.25, 0.3) is 0 Å². The van der Waals surface area contributed by atoms with Gasteiger partial charge < -0.3 is 9.84 Å². The first-order valence-electron chi connectivity index (χ1n) is 7.05. The van der Waals surface area contributed by atoms with Gasteiger partial charge in [-0.1, -0.05) is 6.42 Å². The molecule has 3 rings (SSSR count). The normalized spacial score (nSPS) is 37.2. The highest BCUT2D eigenvalue weighted by atomic mass is 16.5.